The predicted octanol–water partition coefficient (Wildman–Crippen LogP) is -0.0102. The van der Waals surface area contributed by atoms with Crippen LogP contribution in [0.3, 0.4) is 0 Å². The Balaban J connectivity index is 1.39. The van der Waals surface area contributed by atoms with Gasteiger partial charge in [-0.1, -0.05) is 0 Å². The van der Waals surface area contributed by atoms with Gasteiger partial charge in [0.15, 0.2) is 17.7 Å². The van der Waals surface area contributed by atoms with Crippen molar-refractivity contribution >= 4 is 16.9 Å². The first kappa shape index (κ1) is 19.1. The maximum atomic E-state index is 14.4. The number of hydrogen-bond donors (Lipinski definition) is 4. The van der Waals surface area contributed by atoms with E-state index in [0.29, 0.717) is 6.54 Å². The molecule has 29 heavy (non-hydrogen) atoms. The number of piperidine rings is 1. The van der Waals surface area contributed by atoms with E-state index < -0.39 is 30.4 Å². The Labute approximate surface area is 167 Å². The fourth-order valence-corrected chi connectivity index (χ4v) is 5.32. The number of aliphatic hydroxyl groups is 2. The summed E-state index contributed by atoms with van der Waals surface area (Å²) in [7, 11) is 0. The lowest BCUT2D eigenvalue weighted by atomic mass is 9.85. The zero-order valence-electron chi connectivity index (χ0n) is 16.2. The van der Waals surface area contributed by atoms with Crippen molar-refractivity contribution in [2.75, 3.05) is 31.9 Å². The van der Waals surface area contributed by atoms with Crippen LogP contribution >= 0.6 is 0 Å². The third-order valence-electron chi connectivity index (χ3n) is 6.88. The van der Waals surface area contributed by atoms with Crippen LogP contribution in [0.15, 0.2) is 12.5 Å². The molecular weight excluding hydrogens is 379 g/mol. The van der Waals surface area contributed by atoms with Crippen molar-refractivity contribution in [3.8, 4) is 0 Å². The minimum Gasteiger partial charge on any atom is -0.387 e. The molecule has 5 rings (SSSR count). The molecule has 3 aliphatic rings. The normalized spacial score (nSPS) is 32.5. The standard InChI is InChI=1S/C19H27FN6O3/c20-11-8-26(17-13(11)16(21)23-10-24-17)18-15(28)14(27)12(29-18)9-25-7-1-2-19(25)3-5-22-6-4-19/h8,10,12,14-15,18,22,27-28H,1-7,9H2,(H2,21,23,24)/t12-,14-,15-,18-/m1/s1. The van der Waals surface area contributed by atoms with Crippen LogP contribution in [-0.4, -0.2) is 79.7 Å². The zero-order valence-corrected chi connectivity index (χ0v) is 16.2. The molecule has 0 aromatic carbocycles. The lowest BCUT2D eigenvalue weighted by Gasteiger charge is -2.43. The van der Waals surface area contributed by atoms with E-state index in [9.17, 15) is 14.6 Å². The van der Waals surface area contributed by atoms with Crippen LogP contribution in [0.2, 0.25) is 0 Å². The van der Waals surface area contributed by atoms with Gasteiger partial charge in [0.05, 0.1) is 5.39 Å². The number of nitrogens with one attached hydrogen (secondary N) is 1. The summed E-state index contributed by atoms with van der Waals surface area (Å²) < 4.78 is 21.9. The highest BCUT2D eigenvalue weighted by Gasteiger charge is 2.48. The SMILES string of the molecule is Nc1ncnc2c1c(F)cn2[C@@H]1O[C@H](CN2CCCC23CCNCC3)[C@@H](O)[C@H]1O. The van der Waals surface area contributed by atoms with Crippen LogP contribution in [0.4, 0.5) is 10.2 Å². The maximum absolute atomic E-state index is 14.4. The number of aromatic nitrogens is 3. The van der Waals surface area contributed by atoms with Crippen molar-refractivity contribution in [3.05, 3.63) is 18.3 Å². The average molecular weight is 406 g/mol. The van der Waals surface area contributed by atoms with Crippen molar-refractivity contribution in [3.63, 3.8) is 0 Å². The molecule has 0 unspecified atom stereocenters. The number of aliphatic hydroxyl groups excluding tert-OH is 2. The lowest BCUT2D eigenvalue weighted by molar-refractivity contribution is -0.0544. The Kier molecular flexibility index (Phi) is 4.71. The molecule has 0 amide bonds. The first-order valence-electron chi connectivity index (χ1n) is 10.2. The molecule has 3 fully saturated rings. The van der Waals surface area contributed by atoms with Gasteiger partial charge >= 0.3 is 0 Å². The van der Waals surface area contributed by atoms with Crippen LogP contribution in [-0.2, 0) is 4.74 Å². The molecule has 5 N–H and O–H groups in total. The molecule has 0 saturated carbocycles. The smallest absolute Gasteiger partial charge is 0.164 e. The summed E-state index contributed by atoms with van der Waals surface area (Å²) in [6.45, 7) is 3.48. The quantitative estimate of drug-likeness (QED) is 0.562. The Morgan fingerprint density at radius 2 is 2.03 bits per heavy atom. The highest BCUT2D eigenvalue weighted by atomic mass is 19.1. The molecular formula is C19H27FN6O3. The summed E-state index contributed by atoms with van der Waals surface area (Å²) in [5.41, 5.74) is 6.16. The van der Waals surface area contributed by atoms with E-state index in [-0.39, 0.29) is 22.4 Å². The number of likely N-dealkylation sites (tertiary alicyclic amines) is 1. The Morgan fingerprint density at radius 3 is 2.83 bits per heavy atom. The van der Waals surface area contributed by atoms with E-state index in [1.165, 1.54) is 17.1 Å². The second-order valence-electron chi connectivity index (χ2n) is 8.41. The summed E-state index contributed by atoms with van der Waals surface area (Å²) >= 11 is 0. The largest absolute Gasteiger partial charge is 0.387 e. The predicted molar refractivity (Wildman–Crippen MR) is 103 cm³/mol. The van der Waals surface area contributed by atoms with E-state index >= 15 is 0 Å². The monoisotopic (exact) mass is 406 g/mol. The van der Waals surface area contributed by atoms with Crippen LogP contribution in [0.25, 0.3) is 11.0 Å². The fourth-order valence-electron chi connectivity index (χ4n) is 5.32. The second-order valence-corrected chi connectivity index (χ2v) is 8.41. The summed E-state index contributed by atoms with van der Waals surface area (Å²) in [6, 6.07) is 0. The number of nitrogens with zero attached hydrogens (tertiary/aromatic N) is 4. The number of nitrogens with two attached hydrogens (primary N) is 1. The number of ether oxygens (including phenoxy) is 1. The molecule has 9 nitrogen and oxygen atoms in total. The van der Waals surface area contributed by atoms with Gasteiger partial charge < -0.3 is 30.6 Å². The first-order valence-corrected chi connectivity index (χ1v) is 10.2. The number of nitrogen functional groups attached to an aromatic ring is 1. The summed E-state index contributed by atoms with van der Waals surface area (Å²) in [4.78, 5) is 10.3. The molecule has 0 radical (unpaired) electrons. The molecule has 5 heterocycles. The van der Waals surface area contributed by atoms with Gasteiger partial charge in [0.2, 0.25) is 0 Å². The summed E-state index contributed by atoms with van der Waals surface area (Å²) in [6.07, 6.45) is 3.08. The third-order valence-corrected chi connectivity index (χ3v) is 6.88. The van der Waals surface area contributed by atoms with Gasteiger partial charge in [0.1, 0.15) is 30.5 Å². The summed E-state index contributed by atoms with van der Waals surface area (Å²) in [5.74, 6) is -0.555. The molecule has 4 atom stereocenters. The number of rotatable bonds is 3. The molecule has 158 valence electrons. The van der Waals surface area contributed by atoms with Crippen molar-refractivity contribution in [1.29, 1.82) is 0 Å². The van der Waals surface area contributed by atoms with E-state index in [2.05, 4.69) is 20.2 Å². The van der Waals surface area contributed by atoms with Crippen LogP contribution in [0.5, 0.6) is 0 Å². The Hall–Kier alpha value is -1.85. The van der Waals surface area contributed by atoms with Crippen molar-refractivity contribution in [2.24, 2.45) is 0 Å². The van der Waals surface area contributed by atoms with E-state index in [0.717, 1.165) is 45.3 Å². The molecule has 0 bridgehead atoms. The van der Waals surface area contributed by atoms with Crippen LogP contribution in [0.1, 0.15) is 31.9 Å². The minimum atomic E-state index is -1.20. The molecule has 3 saturated heterocycles. The zero-order chi connectivity index (χ0) is 20.2. The molecule has 10 heteroatoms. The number of fused-ring (bicyclic) bond motifs is 1. The van der Waals surface area contributed by atoms with E-state index in [4.69, 9.17) is 10.5 Å². The first-order chi connectivity index (χ1) is 14.0. The maximum Gasteiger partial charge on any atom is 0.164 e. The third kappa shape index (κ3) is 3.01. The lowest BCUT2D eigenvalue weighted by Crippen LogP contribution is -2.54. The van der Waals surface area contributed by atoms with Crippen molar-refractivity contribution < 1.29 is 19.3 Å². The van der Waals surface area contributed by atoms with Crippen molar-refractivity contribution in [1.82, 2.24) is 24.8 Å². The van der Waals surface area contributed by atoms with Gasteiger partial charge in [-0.2, -0.15) is 0 Å². The molecule has 1 spiro atoms. The minimum absolute atomic E-state index is 0.0285. The van der Waals surface area contributed by atoms with E-state index in [1.54, 1.807) is 0 Å². The van der Waals surface area contributed by atoms with Crippen LogP contribution < -0.4 is 11.1 Å². The molecule has 3 aliphatic heterocycles. The number of hydrogen-bond acceptors (Lipinski definition) is 8. The Morgan fingerprint density at radius 1 is 1.24 bits per heavy atom. The highest BCUT2D eigenvalue weighted by molar-refractivity contribution is 5.86. The topological polar surface area (TPSA) is 122 Å². The van der Waals surface area contributed by atoms with Gasteiger partial charge in [-0.05, 0) is 45.3 Å². The van der Waals surface area contributed by atoms with E-state index in [1.807, 2.05) is 0 Å². The van der Waals surface area contributed by atoms with Gasteiger partial charge in [0, 0.05) is 18.3 Å². The Bertz CT molecular complexity index is 901. The van der Waals surface area contributed by atoms with Gasteiger partial charge in [0.25, 0.3) is 0 Å². The second kappa shape index (κ2) is 7.13. The average Bonchev–Trinajstić information content (AvgIpc) is 3.34. The van der Waals surface area contributed by atoms with Gasteiger partial charge in [-0.25, -0.2) is 14.4 Å². The molecule has 2 aromatic rings. The van der Waals surface area contributed by atoms with Crippen LogP contribution in [0, 0.1) is 5.82 Å². The van der Waals surface area contributed by atoms with Gasteiger partial charge in [-0.3, -0.25) is 4.90 Å². The highest BCUT2D eigenvalue weighted by Crippen LogP contribution is 2.39. The number of halogens is 1. The van der Waals surface area contributed by atoms with Crippen molar-refractivity contribution in [2.45, 2.75) is 55.8 Å². The molecule has 2 aromatic heterocycles. The fraction of sp³-hybridized carbons (Fsp3) is 0.684. The summed E-state index contributed by atoms with van der Waals surface area (Å²) in [5, 5.41) is 24.9. The molecule has 0 aliphatic carbocycles. The van der Waals surface area contributed by atoms with Gasteiger partial charge in [-0.15, -0.1) is 0 Å². The number of anilines is 1.